The number of thiazole rings is 1. The molecule has 1 amide bonds. The summed E-state index contributed by atoms with van der Waals surface area (Å²) in [4.78, 5) is 19.2. The molecule has 1 aliphatic rings. The first-order chi connectivity index (χ1) is 11.6. The zero-order chi connectivity index (χ0) is 16.7. The van der Waals surface area contributed by atoms with Gasteiger partial charge in [0, 0.05) is 36.8 Å². The number of carbonyl (C=O) groups excluding carboxylic acids is 1. The summed E-state index contributed by atoms with van der Waals surface area (Å²) in [7, 11) is 1.86. The number of aryl methyl sites for hydroxylation is 2. The van der Waals surface area contributed by atoms with Gasteiger partial charge in [-0.3, -0.25) is 9.48 Å². The summed E-state index contributed by atoms with van der Waals surface area (Å²) in [5.74, 6) is 0.694. The average Bonchev–Trinajstić information content (AvgIpc) is 3.33. The predicted molar refractivity (Wildman–Crippen MR) is 88.6 cm³/mol. The van der Waals surface area contributed by atoms with E-state index >= 15 is 0 Å². The van der Waals surface area contributed by atoms with Crippen LogP contribution in [0.4, 0.5) is 0 Å². The van der Waals surface area contributed by atoms with Crippen molar-refractivity contribution < 1.29 is 9.32 Å². The summed E-state index contributed by atoms with van der Waals surface area (Å²) in [5.41, 5.74) is 2.23. The first-order valence-electron chi connectivity index (χ1n) is 7.80. The van der Waals surface area contributed by atoms with Crippen molar-refractivity contribution in [3.63, 3.8) is 0 Å². The molecule has 0 bridgehead atoms. The Balaban J connectivity index is 1.58. The van der Waals surface area contributed by atoms with Crippen LogP contribution < -0.4 is 0 Å². The van der Waals surface area contributed by atoms with Crippen LogP contribution in [0.5, 0.6) is 0 Å². The monoisotopic (exact) mass is 343 g/mol. The lowest BCUT2D eigenvalue weighted by Crippen LogP contribution is -2.30. The van der Waals surface area contributed by atoms with Crippen molar-refractivity contribution in [1.82, 2.24) is 24.8 Å². The van der Waals surface area contributed by atoms with Crippen LogP contribution in [0.15, 0.2) is 28.4 Å². The van der Waals surface area contributed by atoms with Crippen LogP contribution in [-0.2, 0) is 7.05 Å². The summed E-state index contributed by atoms with van der Waals surface area (Å²) in [6.45, 7) is 2.59. The van der Waals surface area contributed by atoms with Crippen molar-refractivity contribution in [2.24, 2.45) is 7.05 Å². The molecule has 124 valence electrons. The first kappa shape index (κ1) is 15.1. The molecule has 1 atom stereocenters. The van der Waals surface area contributed by atoms with Crippen LogP contribution in [0.25, 0.3) is 10.6 Å². The third kappa shape index (κ3) is 2.62. The van der Waals surface area contributed by atoms with E-state index in [1.54, 1.807) is 10.9 Å². The highest BCUT2D eigenvalue weighted by atomic mass is 32.1. The fourth-order valence-electron chi connectivity index (χ4n) is 3.03. The molecular weight excluding hydrogens is 326 g/mol. The van der Waals surface area contributed by atoms with Crippen molar-refractivity contribution in [2.45, 2.75) is 25.8 Å². The zero-order valence-electron chi connectivity index (χ0n) is 13.5. The van der Waals surface area contributed by atoms with Gasteiger partial charge in [-0.05, 0) is 19.8 Å². The molecule has 0 N–H and O–H groups in total. The number of nitrogens with zero attached hydrogens (tertiary/aromatic N) is 5. The third-order valence-electron chi connectivity index (χ3n) is 4.16. The quantitative estimate of drug-likeness (QED) is 0.731. The van der Waals surface area contributed by atoms with E-state index in [1.807, 2.05) is 36.5 Å². The lowest BCUT2D eigenvalue weighted by molar-refractivity contribution is 0.0709. The van der Waals surface area contributed by atoms with Crippen LogP contribution in [0.3, 0.4) is 0 Å². The number of hydrogen-bond acceptors (Lipinski definition) is 6. The molecule has 0 unspecified atom stereocenters. The van der Waals surface area contributed by atoms with Gasteiger partial charge in [-0.15, -0.1) is 11.3 Å². The molecule has 0 aromatic carbocycles. The van der Waals surface area contributed by atoms with Gasteiger partial charge >= 0.3 is 0 Å². The second-order valence-electron chi connectivity index (χ2n) is 5.97. The van der Waals surface area contributed by atoms with Gasteiger partial charge in [0.05, 0.1) is 17.9 Å². The molecule has 1 aliphatic heterocycles. The highest BCUT2D eigenvalue weighted by Gasteiger charge is 2.34. The Kier molecular flexibility index (Phi) is 3.68. The highest BCUT2D eigenvalue weighted by molar-refractivity contribution is 7.13. The molecule has 8 heteroatoms. The number of likely N-dealkylation sites (tertiary alicyclic amines) is 1. The summed E-state index contributed by atoms with van der Waals surface area (Å²) < 4.78 is 7.09. The van der Waals surface area contributed by atoms with E-state index in [9.17, 15) is 4.79 Å². The van der Waals surface area contributed by atoms with Crippen LogP contribution in [0.2, 0.25) is 0 Å². The molecule has 3 aromatic heterocycles. The molecule has 7 nitrogen and oxygen atoms in total. The SMILES string of the molecule is Cc1cc([C@@H]2CCCN2C(=O)c2csc(-c3cnn(C)c3)n2)on1. The number of hydrogen-bond donors (Lipinski definition) is 0. The molecule has 0 saturated carbocycles. The molecular formula is C16H17N5O2S. The predicted octanol–water partition coefficient (Wildman–Crippen LogP) is 2.82. The zero-order valence-corrected chi connectivity index (χ0v) is 14.3. The van der Waals surface area contributed by atoms with E-state index in [1.165, 1.54) is 11.3 Å². The Hall–Kier alpha value is -2.48. The maximum Gasteiger partial charge on any atom is 0.273 e. The van der Waals surface area contributed by atoms with Gasteiger partial charge in [-0.2, -0.15) is 5.10 Å². The van der Waals surface area contributed by atoms with E-state index in [4.69, 9.17) is 4.52 Å². The van der Waals surface area contributed by atoms with Crippen LogP contribution in [-0.4, -0.2) is 37.3 Å². The summed E-state index contributed by atoms with van der Waals surface area (Å²) >= 11 is 1.46. The first-order valence-corrected chi connectivity index (χ1v) is 8.68. The number of aromatic nitrogens is 4. The molecule has 0 radical (unpaired) electrons. The molecule has 1 saturated heterocycles. The average molecular weight is 343 g/mol. The van der Waals surface area contributed by atoms with Crippen molar-refractivity contribution in [3.8, 4) is 10.6 Å². The molecule has 1 fully saturated rings. The minimum atomic E-state index is -0.0575. The van der Waals surface area contributed by atoms with Gasteiger partial charge in [0.25, 0.3) is 5.91 Å². The van der Waals surface area contributed by atoms with Crippen molar-refractivity contribution in [2.75, 3.05) is 6.54 Å². The molecule has 24 heavy (non-hydrogen) atoms. The van der Waals surface area contributed by atoms with Crippen molar-refractivity contribution in [1.29, 1.82) is 0 Å². The topological polar surface area (TPSA) is 77.0 Å². The molecule has 3 aromatic rings. The number of amides is 1. The fourth-order valence-corrected chi connectivity index (χ4v) is 3.80. The summed E-state index contributed by atoms with van der Waals surface area (Å²) in [5, 5.41) is 10.7. The fraction of sp³-hybridized carbons (Fsp3) is 0.375. The maximum atomic E-state index is 12.9. The molecule has 0 aliphatic carbocycles. The van der Waals surface area contributed by atoms with Gasteiger partial charge in [0.1, 0.15) is 10.7 Å². The van der Waals surface area contributed by atoms with Gasteiger partial charge in [0.15, 0.2) is 5.76 Å². The largest absolute Gasteiger partial charge is 0.359 e. The molecule has 4 rings (SSSR count). The van der Waals surface area contributed by atoms with E-state index < -0.39 is 0 Å². The van der Waals surface area contributed by atoms with Crippen LogP contribution in [0, 0.1) is 6.92 Å². The standard InChI is InChI=1S/C16H17N5O2S/c1-10-6-14(23-19-10)13-4-3-5-21(13)16(22)12-9-24-15(18-12)11-7-17-20(2)8-11/h6-9,13H,3-5H2,1-2H3/t13-/m0/s1. The lowest BCUT2D eigenvalue weighted by atomic mass is 10.1. The van der Waals surface area contributed by atoms with Gasteiger partial charge in [0.2, 0.25) is 0 Å². The number of rotatable bonds is 3. The Bertz CT molecular complexity index is 881. The van der Waals surface area contributed by atoms with Crippen molar-refractivity contribution in [3.05, 3.63) is 41.0 Å². The van der Waals surface area contributed by atoms with Gasteiger partial charge in [-0.1, -0.05) is 5.16 Å². The van der Waals surface area contributed by atoms with Crippen molar-refractivity contribution >= 4 is 17.2 Å². The molecule has 4 heterocycles. The van der Waals surface area contributed by atoms with Crippen LogP contribution in [0.1, 0.15) is 40.8 Å². The Morgan fingerprint density at radius 1 is 1.46 bits per heavy atom. The van der Waals surface area contributed by atoms with E-state index in [-0.39, 0.29) is 11.9 Å². The highest BCUT2D eigenvalue weighted by Crippen LogP contribution is 2.34. The van der Waals surface area contributed by atoms with Gasteiger partial charge in [-0.25, -0.2) is 4.98 Å². The molecule has 0 spiro atoms. The Labute approximate surface area is 142 Å². The lowest BCUT2D eigenvalue weighted by Gasteiger charge is -2.21. The Morgan fingerprint density at radius 2 is 2.33 bits per heavy atom. The second kappa shape index (κ2) is 5.86. The Morgan fingerprint density at radius 3 is 3.04 bits per heavy atom. The minimum Gasteiger partial charge on any atom is -0.359 e. The maximum absolute atomic E-state index is 12.9. The van der Waals surface area contributed by atoms with Crippen LogP contribution >= 0.6 is 11.3 Å². The normalized spacial score (nSPS) is 17.6. The summed E-state index contributed by atoms with van der Waals surface area (Å²) in [6.07, 6.45) is 5.49. The minimum absolute atomic E-state index is 0.0535. The summed E-state index contributed by atoms with van der Waals surface area (Å²) in [6, 6.07) is 1.85. The second-order valence-corrected chi connectivity index (χ2v) is 6.83. The van der Waals surface area contributed by atoms with E-state index in [0.717, 1.165) is 34.9 Å². The number of carbonyl (C=O) groups is 1. The van der Waals surface area contributed by atoms with E-state index in [2.05, 4.69) is 15.2 Å². The third-order valence-corrected chi connectivity index (χ3v) is 5.05. The van der Waals surface area contributed by atoms with Gasteiger partial charge < -0.3 is 9.42 Å². The smallest absolute Gasteiger partial charge is 0.273 e. The van der Waals surface area contributed by atoms with E-state index in [0.29, 0.717) is 12.2 Å².